The van der Waals surface area contributed by atoms with Gasteiger partial charge in [-0.2, -0.15) is 0 Å². The zero-order valence-electron chi connectivity index (χ0n) is 15.5. The normalized spacial score (nSPS) is 24.9. The molecule has 2 aliphatic rings. The number of carbonyl (C=O) groups is 2. The van der Waals surface area contributed by atoms with Gasteiger partial charge in [0.15, 0.2) is 5.17 Å². The molecular weight excluding hydrogens is 342 g/mol. The largest absolute Gasteiger partial charge is 0.465 e. The SMILES string of the molecule is CSC1=NC(C)(OC(=O)C2CCN(C(=O)O)CC2)C=CN1C(C)(C)C. The van der Waals surface area contributed by atoms with Gasteiger partial charge >= 0.3 is 12.1 Å². The Balaban J connectivity index is 2.03. The predicted molar refractivity (Wildman–Crippen MR) is 98.5 cm³/mol. The standard InChI is InChI=1S/C17H27N3O4S/c1-16(2,3)20-11-8-17(4,18-14(20)25-5)24-13(21)12-6-9-19(10-7-12)15(22)23/h8,11-12H,6-7,9-10H2,1-5H3,(H,22,23). The Kier molecular flexibility index (Phi) is 5.71. The van der Waals surface area contributed by atoms with Crippen LogP contribution in [0.15, 0.2) is 17.3 Å². The summed E-state index contributed by atoms with van der Waals surface area (Å²) in [5.41, 5.74) is -1.14. The number of hydrogen-bond donors (Lipinski definition) is 1. The van der Waals surface area contributed by atoms with E-state index >= 15 is 0 Å². The number of nitrogens with zero attached hydrogens (tertiary/aromatic N) is 3. The van der Waals surface area contributed by atoms with Crippen molar-refractivity contribution in [3.63, 3.8) is 0 Å². The van der Waals surface area contributed by atoms with Crippen LogP contribution < -0.4 is 0 Å². The summed E-state index contributed by atoms with van der Waals surface area (Å²) in [5.74, 6) is -0.597. The highest BCUT2D eigenvalue weighted by atomic mass is 32.2. The molecule has 25 heavy (non-hydrogen) atoms. The van der Waals surface area contributed by atoms with Crippen LogP contribution >= 0.6 is 11.8 Å². The molecule has 0 saturated carbocycles. The molecule has 0 radical (unpaired) electrons. The molecule has 0 aliphatic carbocycles. The Morgan fingerprint density at radius 2 is 1.96 bits per heavy atom. The van der Waals surface area contributed by atoms with E-state index in [1.165, 1.54) is 16.7 Å². The molecule has 2 aliphatic heterocycles. The van der Waals surface area contributed by atoms with Crippen LogP contribution in [0.25, 0.3) is 0 Å². The molecule has 2 rings (SSSR count). The molecule has 0 aromatic rings. The minimum atomic E-state index is -1.03. The van der Waals surface area contributed by atoms with Crippen LogP contribution in [-0.4, -0.2) is 62.7 Å². The minimum absolute atomic E-state index is 0.118. The second-order valence-corrected chi connectivity index (χ2v) is 8.25. The van der Waals surface area contributed by atoms with E-state index in [0.717, 1.165) is 5.17 Å². The molecule has 1 amide bonds. The number of aliphatic imine (C=N–C) groups is 1. The lowest BCUT2D eigenvalue weighted by atomic mass is 9.97. The second kappa shape index (κ2) is 7.27. The number of ether oxygens (including phenoxy) is 1. The molecule has 7 nitrogen and oxygen atoms in total. The number of thioether (sulfide) groups is 1. The fraction of sp³-hybridized carbons (Fsp3) is 0.706. The molecule has 1 atom stereocenters. The molecule has 1 N–H and O–H groups in total. The van der Waals surface area contributed by atoms with Crippen LogP contribution in [0.2, 0.25) is 0 Å². The Hall–Kier alpha value is -1.70. The summed E-state index contributed by atoms with van der Waals surface area (Å²) < 4.78 is 5.69. The first-order valence-electron chi connectivity index (χ1n) is 8.39. The fourth-order valence-corrected chi connectivity index (χ4v) is 3.67. The molecule has 0 aromatic heterocycles. The quantitative estimate of drug-likeness (QED) is 0.754. The average molecular weight is 369 g/mol. The van der Waals surface area contributed by atoms with Crippen LogP contribution in [0.4, 0.5) is 4.79 Å². The van der Waals surface area contributed by atoms with Crippen LogP contribution in [-0.2, 0) is 9.53 Å². The molecule has 1 saturated heterocycles. The van der Waals surface area contributed by atoms with Gasteiger partial charge in [-0.3, -0.25) is 4.79 Å². The predicted octanol–water partition coefficient (Wildman–Crippen LogP) is 2.98. The third-order valence-electron chi connectivity index (χ3n) is 4.37. The van der Waals surface area contributed by atoms with Gasteiger partial charge in [0.1, 0.15) is 0 Å². The van der Waals surface area contributed by atoms with Gasteiger partial charge in [-0.15, -0.1) is 0 Å². The van der Waals surface area contributed by atoms with Gasteiger partial charge < -0.3 is 19.6 Å². The Morgan fingerprint density at radius 1 is 1.36 bits per heavy atom. The molecule has 1 unspecified atom stereocenters. The number of piperidine rings is 1. The Bertz CT molecular complexity index is 591. The lowest BCUT2D eigenvalue weighted by molar-refractivity contribution is -0.160. The number of esters is 1. The van der Waals surface area contributed by atoms with E-state index in [-0.39, 0.29) is 17.4 Å². The van der Waals surface area contributed by atoms with Crippen molar-refractivity contribution < 1.29 is 19.4 Å². The smallest absolute Gasteiger partial charge is 0.407 e. The van der Waals surface area contributed by atoms with Gasteiger partial charge in [-0.1, -0.05) is 11.8 Å². The highest BCUT2D eigenvalue weighted by molar-refractivity contribution is 8.13. The van der Waals surface area contributed by atoms with Crippen molar-refractivity contribution in [2.24, 2.45) is 10.9 Å². The number of carboxylic acid groups (broad SMARTS) is 1. The van der Waals surface area contributed by atoms with Crippen molar-refractivity contribution in [1.82, 2.24) is 9.80 Å². The molecule has 0 aromatic carbocycles. The number of hydrogen-bond acceptors (Lipinski definition) is 6. The van der Waals surface area contributed by atoms with Crippen molar-refractivity contribution >= 4 is 29.0 Å². The van der Waals surface area contributed by atoms with Crippen LogP contribution in [0, 0.1) is 5.92 Å². The molecule has 8 heteroatoms. The molecule has 1 fully saturated rings. The monoisotopic (exact) mass is 369 g/mol. The van der Waals surface area contributed by atoms with Gasteiger partial charge in [-0.25, -0.2) is 9.79 Å². The van der Waals surface area contributed by atoms with E-state index < -0.39 is 11.8 Å². The third-order valence-corrected chi connectivity index (χ3v) is 5.02. The third kappa shape index (κ3) is 4.68. The van der Waals surface area contributed by atoms with Crippen molar-refractivity contribution in [3.8, 4) is 0 Å². The van der Waals surface area contributed by atoms with Gasteiger partial charge in [0.2, 0.25) is 5.72 Å². The summed E-state index contributed by atoms with van der Waals surface area (Å²) in [6.45, 7) is 8.76. The summed E-state index contributed by atoms with van der Waals surface area (Å²) >= 11 is 1.51. The lowest BCUT2D eigenvalue weighted by Crippen LogP contribution is -2.46. The molecule has 140 valence electrons. The number of likely N-dealkylation sites (tertiary alicyclic amines) is 1. The van der Waals surface area contributed by atoms with Gasteiger partial charge in [0.05, 0.1) is 5.92 Å². The molecular formula is C17H27N3O4S. The first kappa shape index (κ1) is 19.6. The Morgan fingerprint density at radius 3 is 2.44 bits per heavy atom. The van der Waals surface area contributed by atoms with E-state index in [1.807, 2.05) is 12.5 Å². The van der Waals surface area contributed by atoms with E-state index in [9.17, 15) is 9.59 Å². The summed E-state index contributed by atoms with van der Waals surface area (Å²) in [6, 6.07) is 0. The van der Waals surface area contributed by atoms with E-state index in [0.29, 0.717) is 25.9 Å². The van der Waals surface area contributed by atoms with Crippen molar-refractivity contribution in [1.29, 1.82) is 0 Å². The average Bonchev–Trinajstić information content (AvgIpc) is 2.53. The maximum atomic E-state index is 12.5. The molecule has 0 bridgehead atoms. The topological polar surface area (TPSA) is 82.4 Å². The Labute approximate surface area is 153 Å². The van der Waals surface area contributed by atoms with Crippen LogP contribution in [0.1, 0.15) is 40.5 Å². The van der Waals surface area contributed by atoms with Crippen LogP contribution in [0.3, 0.4) is 0 Å². The number of amides is 1. The number of rotatable bonds is 2. The maximum Gasteiger partial charge on any atom is 0.407 e. The van der Waals surface area contributed by atoms with Gasteiger partial charge in [0.25, 0.3) is 0 Å². The van der Waals surface area contributed by atoms with Crippen LogP contribution in [0.5, 0.6) is 0 Å². The van der Waals surface area contributed by atoms with Gasteiger partial charge in [0, 0.05) is 31.8 Å². The first-order valence-corrected chi connectivity index (χ1v) is 9.61. The number of amidine groups is 1. The first-order chi connectivity index (χ1) is 11.6. The van der Waals surface area contributed by atoms with E-state index in [1.54, 1.807) is 13.0 Å². The van der Waals surface area contributed by atoms with Crippen molar-refractivity contribution in [3.05, 3.63) is 12.3 Å². The number of carbonyl (C=O) groups excluding carboxylic acids is 1. The molecule has 2 heterocycles. The summed E-state index contributed by atoms with van der Waals surface area (Å²) in [7, 11) is 0. The van der Waals surface area contributed by atoms with Gasteiger partial charge in [-0.05, 0) is 45.9 Å². The summed E-state index contributed by atoms with van der Waals surface area (Å²) in [6.07, 6.45) is 5.68. The fourth-order valence-electron chi connectivity index (χ4n) is 2.86. The zero-order valence-corrected chi connectivity index (χ0v) is 16.3. The van der Waals surface area contributed by atoms with Crippen molar-refractivity contribution in [2.75, 3.05) is 19.3 Å². The summed E-state index contributed by atoms with van der Waals surface area (Å²) in [5, 5.41) is 9.79. The highest BCUT2D eigenvalue weighted by Crippen LogP contribution is 2.30. The lowest BCUT2D eigenvalue weighted by Gasteiger charge is -2.40. The summed E-state index contributed by atoms with van der Waals surface area (Å²) in [4.78, 5) is 31.5. The second-order valence-electron chi connectivity index (χ2n) is 7.47. The van der Waals surface area contributed by atoms with E-state index in [4.69, 9.17) is 9.84 Å². The minimum Gasteiger partial charge on any atom is -0.465 e. The maximum absolute atomic E-state index is 12.5. The van der Waals surface area contributed by atoms with E-state index in [2.05, 4.69) is 30.7 Å². The molecule has 0 spiro atoms. The van der Waals surface area contributed by atoms with Crippen molar-refractivity contribution in [2.45, 2.75) is 51.8 Å². The zero-order chi connectivity index (χ0) is 18.8. The highest BCUT2D eigenvalue weighted by Gasteiger charge is 2.37.